The van der Waals surface area contributed by atoms with Crippen molar-refractivity contribution < 1.29 is 37.6 Å². The molecule has 1 aromatic rings. The maximum atomic E-state index is 12.6. The Balaban J connectivity index is 0.000000656. The molecule has 0 aromatic heterocycles. The van der Waals surface area contributed by atoms with E-state index in [-0.39, 0.29) is 59.9 Å². The SMILES string of the molecule is Fc1cc[c-]cc1.[CH2-]CN(C[CH2-])CC[C@H]1CC2(CCC(CCC(=O)[C@@H](N)C(C)C)CC2)C(=O)O1.[Li+]. The summed E-state index contributed by atoms with van der Waals surface area (Å²) in [6, 6.07) is 8.14. The number of halogens is 1. The summed E-state index contributed by atoms with van der Waals surface area (Å²) in [4.78, 5) is 26.8. The molecule has 0 radical (unpaired) electrons. The molecule has 5 nitrogen and oxygen atoms in total. The van der Waals surface area contributed by atoms with E-state index in [1.54, 1.807) is 0 Å². The van der Waals surface area contributed by atoms with Crippen molar-refractivity contribution in [3.8, 4) is 0 Å². The van der Waals surface area contributed by atoms with E-state index in [1.165, 1.54) is 24.3 Å². The second kappa shape index (κ2) is 15.8. The summed E-state index contributed by atoms with van der Waals surface area (Å²) in [7, 11) is 0. The number of carbonyl (C=O) groups excluding carboxylic acids is 2. The first-order valence-corrected chi connectivity index (χ1v) is 12.6. The fraction of sp³-hybridized carbons (Fsp3) is 0.643. The molecule has 3 rings (SSSR count). The minimum absolute atomic E-state index is 0. The molecular formula is C28H42FLiN2O3-2. The Bertz CT molecular complexity index is 750. The monoisotopic (exact) mass is 480 g/mol. The average molecular weight is 481 g/mol. The first-order valence-electron chi connectivity index (χ1n) is 12.6. The predicted molar refractivity (Wildman–Crippen MR) is 133 cm³/mol. The molecule has 2 atom stereocenters. The van der Waals surface area contributed by atoms with Gasteiger partial charge in [0.1, 0.15) is 11.9 Å². The van der Waals surface area contributed by atoms with Crippen LogP contribution < -0.4 is 24.6 Å². The molecule has 2 aliphatic rings. The van der Waals surface area contributed by atoms with E-state index in [2.05, 4.69) is 24.8 Å². The van der Waals surface area contributed by atoms with Crippen LogP contribution in [0.2, 0.25) is 0 Å². The molecule has 2 fully saturated rings. The standard InChI is InChI=1S/C22H38N2O3.C6H4F.Li/c1-5-24(6-2)14-11-18-15-22(21(26)27-18)12-9-17(10-13-22)7-8-19(25)20(23)16(3)4;7-6-4-2-1-3-5-6;/h16-18,20H,1-2,5-15,23H2,3-4H3;2-5H;/q-2;-1;+1/t17?,18-,20-,22?;;/m0../s1. The molecule has 1 saturated heterocycles. The van der Waals surface area contributed by atoms with Crippen LogP contribution >= 0.6 is 0 Å². The van der Waals surface area contributed by atoms with Gasteiger partial charge in [-0.2, -0.15) is 18.2 Å². The van der Waals surface area contributed by atoms with Crippen LogP contribution in [0.25, 0.3) is 0 Å². The molecule has 0 unspecified atom stereocenters. The van der Waals surface area contributed by atoms with Gasteiger partial charge < -0.3 is 29.2 Å². The van der Waals surface area contributed by atoms with Crippen LogP contribution in [0, 0.1) is 43.0 Å². The van der Waals surface area contributed by atoms with Crippen molar-refractivity contribution >= 4 is 11.8 Å². The van der Waals surface area contributed by atoms with Gasteiger partial charge in [0.25, 0.3) is 0 Å². The number of hydrogen-bond acceptors (Lipinski definition) is 5. The molecule has 1 saturated carbocycles. The fourth-order valence-corrected chi connectivity index (χ4v) is 4.84. The first kappa shape index (κ1) is 31.8. The number of hydrogen-bond donors (Lipinski definition) is 1. The van der Waals surface area contributed by atoms with Crippen LogP contribution in [0.4, 0.5) is 4.39 Å². The van der Waals surface area contributed by atoms with Gasteiger partial charge in [-0.3, -0.25) is 9.59 Å². The Kier molecular flexibility index (Phi) is 14.4. The van der Waals surface area contributed by atoms with Gasteiger partial charge in [0.2, 0.25) is 0 Å². The summed E-state index contributed by atoms with van der Waals surface area (Å²) in [5, 5.41) is 0. The number of ketones is 1. The van der Waals surface area contributed by atoms with Gasteiger partial charge in [0.05, 0.1) is 11.5 Å². The van der Waals surface area contributed by atoms with E-state index in [1.807, 2.05) is 13.8 Å². The smallest absolute Gasteiger partial charge is 0.462 e. The molecule has 1 aliphatic heterocycles. The normalized spacial score (nSPS) is 24.5. The number of Topliss-reactive ketones (excluding diaryl/α,β-unsaturated/α-hetero) is 1. The van der Waals surface area contributed by atoms with Gasteiger partial charge in [0, 0.05) is 18.7 Å². The van der Waals surface area contributed by atoms with Crippen molar-refractivity contribution in [3.05, 3.63) is 50.0 Å². The quantitative estimate of drug-likeness (QED) is 0.314. The molecule has 1 heterocycles. The minimum Gasteiger partial charge on any atom is -0.462 e. The summed E-state index contributed by atoms with van der Waals surface area (Å²) in [6.07, 6.45) is 7.01. The van der Waals surface area contributed by atoms with E-state index < -0.39 is 0 Å². The average Bonchev–Trinajstić information content (AvgIpc) is 3.14. The van der Waals surface area contributed by atoms with Crippen LogP contribution in [0.1, 0.15) is 65.2 Å². The van der Waals surface area contributed by atoms with Crippen molar-refractivity contribution in [1.29, 1.82) is 0 Å². The van der Waals surface area contributed by atoms with Crippen LogP contribution in [0.15, 0.2) is 24.3 Å². The molecule has 192 valence electrons. The van der Waals surface area contributed by atoms with Crippen LogP contribution in [0.3, 0.4) is 0 Å². The zero-order chi connectivity index (χ0) is 25.1. The van der Waals surface area contributed by atoms with Gasteiger partial charge in [-0.05, 0) is 56.9 Å². The Hall–Kier alpha value is -1.19. The number of nitrogens with zero attached hydrogens (tertiary/aromatic N) is 1. The molecule has 1 spiro atoms. The van der Waals surface area contributed by atoms with Crippen molar-refractivity contribution in [3.63, 3.8) is 0 Å². The molecule has 1 aromatic carbocycles. The molecule has 0 amide bonds. The predicted octanol–water partition coefficient (Wildman–Crippen LogP) is 1.80. The zero-order valence-corrected chi connectivity index (χ0v) is 21.9. The number of carbonyl (C=O) groups is 2. The topological polar surface area (TPSA) is 72.6 Å². The number of ether oxygens (including phenoxy) is 1. The third-order valence-corrected chi connectivity index (χ3v) is 7.35. The van der Waals surface area contributed by atoms with Gasteiger partial charge >= 0.3 is 24.8 Å². The number of nitrogens with two attached hydrogens (primary N) is 1. The number of benzene rings is 1. The number of cyclic esters (lactones) is 1. The summed E-state index contributed by atoms with van der Waals surface area (Å²) in [6.45, 7) is 14.1. The van der Waals surface area contributed by atoms with Gasteiger partial charge in [-0.1, -0.05) is 13.8 Å². The largest absolute Gasteiger partial charge is 1.00 e. The van der Waals surface area contributed by atoms with Crippen LogP contribution in [-0.2, 0) is 14.3 Å². The van der Waals surface area contributed by atoms with Crippen LogP contribution in [0.5, 0.6) is 0 Å². The molecular weight excluding hydrogens is 438 g/mol. The third-order valence-electron chi connectivity index (χ3n) is 7.35. The molecule has 35 heavy (non-hydrogen) atoms. The summed E-state index contributed by atoms with van der Waals surface area (Å²) in [5.74, 6) is 0.684. The third kappa shape index (κ3) is 10.00. The number of rotatable bonds is 10. The van der Waals surface area contributed by atoms with E-state index >= 15 is 0 Å². The van der Waals surface area contributed by atoms with Crippen molar-refractivity contribution in [1.82, 2.24) is 4.90 Å². The van der Waals surface area contributed by atoms with Crippen molar-refractivity contribution in [2.45, 2.75) is 77.4 Å². The van der Waals surface area contributed by atoms with Crippen LogP contribution in [-0.4, -0.2) is 48.4 Å². The second-order valence-corrected chi connectivity index (χ2v) is 10.1. The summed E-state index contributed by atoms with van der Waals surface area (Å²) >= 11 is 0. The maximum Gasteiger partial charge on any atom is 1.00 e. The molecule has 1 aliphatic carbocycles. The molecule has 7 heteroatoms. The maximum absolute atomic E-state index is 12.6. The zero-order valence-electron chi connectivity index (χ0n) is 21.9. The Morgan fingerprint density at radius 1 is 1.23 bits per heavy atom. The summed E-state index contributed by atoms with van der Waals surface area (Å²) < 4.78 is 17.6. The Morgan fingerprint density at radius 3 is 2.31 bits per heavy atom. The molecule has 2 N–H and O–H groups in total. The van der Waals surface area contributed by atoms with Gasteiger partial charge in [-0.25, -0.2) is 4.39 Å². The minimum atomic E-state index is -0.346. The fourth-order valence-electron chi connectivity index (χ4n) is 4.84. The van der Waals surface area contributed by atoms with E-state index in [0.29, 0.717) is 12.3 Å². The second-order valence-electron chi connectivity index (χ2n) is 10.1. The van der Waals surface area contributed by atoms with Crippen molar-refractivity contribution in [2.24, 2.45) is 23.0 Å². The summed E-state index contributed by atoms with van der Waals surface area (Å²) in [5.41, 5.74) is 5.67. The number of esters is 1. The van der Waals surface area contributed by atoms with E-state index in [9.17, 15) is 14.0 Å². The molecule has 0 bridgehead atoms. The van der Waals surface area contributed by atoms with Crippen molar-refractivity contribution in [2.75, 3.05) is 19.6 Å². The van der Waals surface area contributed by atoms with Gasteiger partial charge in [-0.15, -0.1) is 25.2 Å². The van der Waals surface area contributed by atoms with Gasteiger partial charge in [0.15, 0.2) is 0 Å². The first-order chi connectivity index (χ1) is 16.2. The van der Waals surface area contributed by atoms with E-state index in [4.69, 9.17) is 10.5 Å². The Labute approximate surface area is 223 Å². The Morgan fingerprint density at radius 2 is 1.83 bits per heavy atom. The van der Waals surface area contributed by atoms with E-state index in [0.717, 1.165) is 64.6 Å².